The smallest absolute Gasteiger partial charge is 0.0642 e. The van der Waals surface area contributed by atoms with Crippen LogP contribution in [0.4, 0.5) is 5.69 Å². The van der Waals surface area contributed by atoms with E-state index >= 15 is 0 Å². The zero-order chi connectivity index (χ0) is 15.2. The Hall–Kier alpha value is -0.770. The Morgan fingerprint density at radius 2 is 2.24 bits per heavy atom. The van der Waals surface area contributed by atoms with Crippen LogP contribution in [0.2, 0.25) is 5.02 Å². The molecule has 21 heavy (non-hydrogen) atoms. The fraction of sp³-hybridized carbons (Fsp3) is 0.647. The van der Waals surface area contributed by atoms with E-state index in [4.69, 9.17) is 16.7 Å². The minimum atomic E-state index is 0.276. The highest BCUT2D eigenvalue weighted by molar-refractivity contribution is 6.33. The number of nitrogens with one attached hydrogen (secondary N) is 1. The summed E-state index contributed by atoms with van der Waals surface area (Å²) in [5.41, 5.74) is 2.37. The Morgan fingerprint density at radius 3 is 2.90 bits per heavy atom. The molecule has 0 spiro atoms. The van der Waals surface area contributed by atoms with E-state index in [1.807, 2.05) is 0 Å². The summed E-state index contributed by atoms with van der Waals surface area (Å²) in [7, 11) is 0. The molecule has 1 fully saturated rings. The van der Waals surface area contributed by atoms with E-state index in [0.717, 1.165) is 36.6 Å². The quantitative estimate of drug-likeness (QED) is 0.808. The molecule has 3 nitrogen and oxygen atoms in total. The molecule has 0 aliphatic carbocycles. The molecule has 2 N–H and O–H groups in total. The average Bonchev–Trinajstić information content (AvgIpc) is 2.91. The summed E-state index contributed by atoms with van der Waals surface area (Å²) < 4.78 is 0. The van der Waals surface area contributed by atoms with Gasteiger partial charge in [0.15, 0.2) is 0 Å². The summed E-state index contributed by atoms with van der Waals surface area (Å²) in [5.74, 6) is 0. The third-order valence-electron chi connectivity index (χ3n) is 4.11. The molecule has 1 unspecified atom stereocenters. The van der Waals surface area contributed by atoms with Crippen molar-refractivity contribution in [3.63, 3.8) is 0 Å². The zero-order valence-corrected chi connectivity index (χ0v) is 13.9. The molecule has 0 radical (unpaired) electrons. The Morgan fingerprint density at radius 1 is 1.43 bits per heavy atom. The van der Waals surface area contributed by atoms with E-state index in [0.29, 0.717) is 12.1 Å². The summed E-state index contributed by atoms with van der Waals surface area (Å²) in [4.78, 5) is 2.41. The van der Waals surface area contributed by atoms with E-state index in [1.54, 1.807) is 0 Å². The van der Waals surface area contributed by atoms with Crippen LogP contribution in [-0.4, -0.2) is 30.3 Å². The van der Waals surface area contributed by atoms with E-state index in [2.05, 4.69) is 42.3 Å². The van der Waals surface area contributed by atoms with Crippen LogP contribution in [0.15, 0.2) is 18.2 Å². The SMILES string of the molecule is CC(C)NCc1ccc(N2CCCC2CCCO)c(Cl)c1. The summed E-state index contributed by atoms with van der Waals surface area (Å²) in [5, 5.41) is 13.3. The standard InChI is InChI=1S/C17H27ClN2O/c1-13(2)19-12-14-7-8-17(16(18)11-14)20-9-3-5-15(20)6-4-10-21/h7-8,11,13,15,19,21H,3-6,9-10,12H2,1-2H3. The first-order valence-electron chi connectivity index (χ1n) is 8.01. The highest BCUT2D eigenvalue weighted by Crippen LogP contribution is 2.34. The monoisotopic (exact) mass is 310 g/mol. The second-order valence-corrected chi connectivity index (χ2v) is 6.58. The number of hydrogen-bond donors (Lipinski definition) is 2. The molecule has 1 heterocycles. The van der Waals surface area contributed by atoms with Crippen LogP contribution in [0.5, 0.6) is 0 Å². The summed E-state index contributed by atoms with van der Waals surface area (Å²) in [6.07, 6.45) is 4.33. The minimum Gasteiger partial charge on any atom is -0.396 e. The average molecular weight is 311 g/mol. The van der Waals surface area contributed by atoms with Gasteiger partial charge in [-0.15, -0.1) is 0 Å². The largest absolute Gasteiger partial charge is 0.396 e. The van der Waals surface area contributed by atoms with E-state index in [9.17, 15) is 0 Å². The molecule has 1 aromatic carbocycles. The van der Waals surface area contributed by atoms with Crippen molar-refractivity contribution < 1.29 is 5.11 Å². The van der Waals surface area contributed by atoms with Crippen molar-refractivity contribution in [1.29, 1.82) is 0 Å². The van der Waals surface area contributed by atoms with Gasteiger partial charge in [0.05, 0.1) is 10.7 Å². The molecule has 4 heteroatoms. The molecule has 1 aliphatic rings. The van der Waals surface area contributed by atoms with Crippen molar-refractivity contribution in [3.05, 3.63) is 28.8 Å². The molecule has 1 aromatic rings. The van der Waals surface area contributed by atoms with E-state index < -0.39 is 0 Å². The zero-order valence-electron chi connectivity index (χ0n) is 13.1. The van der Waals surface area contributed by atoms with Crippen molar-refractivity contribution in [1.82, 2.24) is 5.32 Å². The third-order valence-corrected chi connectivity index (χ3v) is 4.41. The van der Waals surface area contributed by atoms with Gasteiger partial charge in [-0.25, -0.2) is 0 Å². The lowest BCUT2D eigenvalue weighted by Crippen LogP contribution is -2.29. The first-order chi connectivity index (χ1) is 10.1. The lowest BCUT2D eigenvalue weighted by Gasteiger charge is -2.28. The fourth-order valence-electron chi connectivity index (χ4n) is 3.00. The predicted octanol–water partition coefficient (Wildman–Crippen LogP) is 3.58. The van der Waals surface area contributed by atoms with E-state index in [1.165, 1.54) is 18.4 Å². The maximum atomic E-state index is 9.03. The fourth-order valence-corrected chi connectivity index (χ4v) is 3.31. The highest BCUT2D eigenvalue weighted by Gasteiger charge is 2.25. The van der Waals surface area contributed by atoms with Gasteiger partial charge in [0, 0.05) is 31.8 Å². The molecule has 1 atom stereocenters. The Kier molecular flexibility index (Phi) is 6.34. The lowest BCUT2D eigenvalue weighted by atomic mass is 10.1. The van der Waals surface area contributed by atoms with Gasteiger partial charge < -0.3 is 15.3 Å². The van der Waals surface area contributed by atoms with Gasteiger partial charge in [0.2, 0.25) is 0 Å². The van der Waals surface area contributed by atoms with Crippen molar-refractivity contribution in [3.8, 4) is 0 Å². The topological polar surface area (TPSA) is 35.5 Å². The highest BCUT2D eigenvalue weighted by atomic mass is 35.5. The first kappa shape index (κ1) is 16.6. The van der Waals surface area contributed by atoms with Crippen molar-refractivity contribution in [2.24, 2.45) is 0 Å². The molecule has 118 valence electrons. The first-order valence-corrected chi connectivity index (χ1v) is 8.39. The number of halogens is 1. The number of anilines is 1. The minimum absolute atomic E-state index is 0.276. The van der Waals surface area contributed by atoms with Crippen molar-refractivity contribution >= 4 is 17.3 Å². The van der Waals surface area contributed by atoms with Gasteiger partial charge in [-0.3, -0.25) is 0 Å². The molecule has 2 rings (SSSR count). The Bertz CT molecular complexity index is 450. The number of aliphatic hydroxyl groups is 1. The lowest BCUT2D eigenvalue weighted by molar-refractivity contribution is 0.279. The van der Waals surface area contributed by atoms with Gasteiger partial charge in [-0.1, -0.05) is 31.5 Å². The van der Waals surface area contributed by atoms with Crippen molar-refractivity contribution in [2.75, 3.05) is 18.1 Å². The molecular formula is C17H27ClN2O. The van der Waals surface area contributed by atoms with Crippen LogP contribution < -0.4 is 10.2 Å². The Labute approximate surface area is 133 Å². The number of aliphatic hydroxyl groups excluding tert-OH is 1. The number of benzene rings is 1. The Balaban J connectivity index is 2.05. The van der Waals surface area contributed by atoms with Gasteiger partial charge in [-0.2, -0.15) is 0 Å². The summed E-state index contributed by atoms with van der Waals surface area (Å²) in [6, 6.07) is 7.39. The van der Waals surface area contributed by atoms with Gasteiger partial charge >= 0.3 is 0 Å². The number of rotatable bonds is 7. The van der Waals surface area contributed by atoms with Crippen LogP contribution in [0, 0.1) is 0 Å². The molecule has 1 saturated heterocycles. The number of nitrogens with zero attached hydrogens (tertiary/aromatic N) is 1. The third kappa shape index (κ3) is 4.60. The van der Waals surface area contributed by atoms with Gasteiger partial charge in [-0.05, 0) is 43.4 Å². The summed E-state index contributed by atoms with van der Waals surface area (Å²) in [6.45, 7) is 6.49. The number of hydrogen-bond acceptors (Lipinski definition) is 3. The molecule has 0 amide bonds. The molecule has 1 aliphatic heterocycles. The second kappa shape index (κ2) is 8.02. The van der Waals surface area contributed by atoms with Crippen LogP contribution in [-0.2, 0) is 6.54 Å². The van der Waals surface area contributed by atoms with Gasteiger partial charge in [0.1, 0.15) is 0 Å². The predicted molar refractivity (Wildman–Crippen MR) is 90.1 cm³/mol. The van der Waals surface area contributed by atoms with Crippen LogP contribution in [0.25, 0.3) is 0 Å². The van der Waals surface area contributed by atoms with Crippen molar-refractivity contribution in [2.45, 2.75) is 58.2 Å². The maximum absolute atomic E-state index is 9.03. The molecule has 0 saturated carbocycles. The van der Waals surface area contributed by atoms with Gasteiger partial charge in [0.25, 0.3) is 0 Å². The second-order valence-electron chi connectivity index (χ2n) is 6.18. The summed E-state index contributed by atoms with van der Waals surface area (Å²) >= 11 is 6.51. The van der Waals surface area contributed by atoms with Crippen LogP contribution in [0.3, 0.4) is 0 Å². The molecule has 0 aromatic heterocycles. The van der Waals surface area contributed by atoms with E-state index in [-0.39, 0.29) is 6.61 Å². The molecule has 0 bridgehead atoms. The normalized spacial score (nSPS) is 18.7. The molecular weight excluding hydrogens is 284 g/mol. The van der Waals surface area contributed by atoms with Crippen LogP contribution in [0.1, 0.15) is 45.1 Å². The maximum Gasteiger partial charge on any atom is 0.0642 e. The van der Waals surface area contributed by atoms with Crippen LogP contribution >= 0.6 is 11.6 Å².